The Morgan fingerprint density at radius 2 is 2.00 bits per heavy atom. The number of ether oxygens (including phenoxy) is 3. The number of nitriles is 1. The van der Waals surface area contributed by atoms with Gasteiger partial charge in [0.05, 0.1) is 33.4 Å². The Bertz CT molecular complexity index is 996. The predicted molar refractivity (Wildman–Crippen MR) is 121 cm³/mol. The van der Waals surface area contributed by atoms with Crippen LogP contribution < -0.4 is 19.5 Å². The zero-order valence-electron chi connectivity index (χ0n) is 18.7. The van der Waals surface area contributed by atoms with Crippen molar-refractivity contribution in [2.75, 3.05) is 40.2 Å². The maximum absolute atomic E-state index is 12.7. The molecule has 2 aromatic rings. The molecule has 7 nitrogen and oxygen atoms in total. The van der Waals surface area contributed by atoms with E-state index in [9.17, 15) is 10.1 Å². The summed E-state index contributed by atoms with van der Waals surface area (Å²) in [6.07, 6.45) is 2.97. The van der Waals surface area contributed by atoms with Crippen molar-refractivity contribution in [3.05, 3.63) is 33.7 Å². The lowest BCUT2D eigenvalue weighted by atomic mass is 9.89. The zero-order valence-corrected chi connectivity index (χ0v) is 19.5. The minimum atomic E-state index is -0.148. The molecule has 31 heavy (non-hydrogen) atoms. The van der Waals surface area contributed by atoms with E-state index in [1.165, 1.54) is 4.88 Å². The van der Waals surface area contributed by atoms with Crippen LogP contribution in [-0.4, -0.2) is 45.7 Å². The maximum Gasteiger partial charge on any atom is 0.239 e. The van der Waals surface area contributed by atoms with E-state index < -0.39 is 0 Å². The number of nitrogens with zero attached hydrogens (tertiary/aromatic N) is 2. The number of hydrogen-bond donors (Lipinski definition) is 1. The molecule has 0 radical (unpaired) electrons. The topological polar surface area (TPSA) is 83.8 Å². The van der Waals surface area contributed by atoms with Crippen molar-refractivity contribution in [2.45, 2.75) is 32.7 Å². The highest BCUT2D eigenvalue weighted by molar-refractivity contribution is 7.16. The Balaban J connectivity index is 1.69. The van der Waals surface area contributed by atoms with Gasteiger partial charge in [-0.25, -0.2) is 0 Å². The fourth-order valence-corrected chi connectivity index (χ4v) is 5.38. The normalized spacial score (nSPS) is 15.2. The lowest BCUT2D eigenvalue weighted by molar-refractivity contribution is -0.117. The van der Waals surface area contributed by atoms with Crippen LogP contribution in [0.15, 0.2) is 12.1 Å². The highest BCUT2D eigenvalue weighted by Gasteiger charge is 2.25. The molecule has 1 aromatic carbocycles. The molecule has 1 aliphatic rings. The van der Waals surface area contributed by atoms with Gasteiger partial charge in [0.2, 0.25) is 11.7 Å². The average molecular weight is 444 g/mol. The highest BCUT2D eigenvalue weighted by atomic mass is 32.1. The van der Waals surface area contributed by atoms with Gasteiger partial charge in [-0.05, 0) is 43.9 Å². The molecule has 1 aliphatic carbocycles. The molecule has 0 saturated carbocycles. The third kappa shape index (κ3) is 4.94. The van der Waals surface area contributed by atoms with Crippen molar-refractivity contribution in [1.29, 1.82) is 5.26 Å². The van der Waals surface area contributed by atoms with Crippen LogP contribution in [0.5, 0.6) is 17.2 Å². The lowest BCUT2D eigenvalue weighted by Gasteiger charge is -2.20. The van der Waals surface area contributed by atoms with Crippen LogP contribution in [0.3, 0.4) is 0 Å². The number of nitrogens with one attached hydrogen (secondary N) is 1. The number of benzene rings is 1. The number of methoxy groups -OCH3 is 3. The zero-order chi connectivity index (χ0) is 22.5. The number of amides is 1. The van der Waals surface area contributed by atoms with Crippen LogP contribution >= 0.6 is 11.3 Å². The van der Waals surface area contributed by atoms with Crippen molar-refractivity contribution in [2.24, 2.45) is 5.92 Å². The second kappa shape index (κ2) is 10.0. The fraction of sp³-hybridized carbons (Fsp3) is 0.478. The summed E-state index contributed by atoms with van der Waals surface area (Å²) in [6, 6.07) is 6.02. The van der Waals surface area contributed by atoms with Gasteiger partial charge >= 0.3 is 0 Å². The summed E-state index contributed by atoms with van der Waals surface area (Å²) in [4.78, 5) is 15.8. The van der Waals surface area contributed by atoms with Crippen molar-refractivity contribution in [1.82, 2.24) is 4.90 Å². The van der Waals surface area contributed by atoms with Gasteiger partial charge < -0.3 is 19.5 Å². The Morgan fingerprint density at radius 3 is 2.65 bits per heavy atom. The molecule has 0 saturated heterocycles. The second-order valence-electron chi connectivity index (χ2n) is 7.88. The molecule has 0 spiro atoms. The smallest absolute Gasteiger partial charge is 0.239 e. The molecule has 0 fully saturated rings. The largest absolute Gasteiger partial charge is 0.493 e. The van der Waals surface area contributed by atoms with Crippen molar-refractivity contribution in [3.63, 3.8) is 0 Å². The molecule has 1 amide bonds. The molecule has 3 rings (SSSR count). The Morgan fingerprint density at radius 1 is 1.26 bits per heavy atom. The Labute approximate surface area is 187 Å². The first kappa shape index (κ1) is 22.9. The van der Waals surface area contributed by atoms with E-state index in [4.69, 9.17) is 14.2 Å². The summed E-state index contributed by atoms with van der Waals surface area (Å²) >= 11 is 1.54. The molecule has 1 atom stereocenters. The fourth-order valence-electron chi connectivity index (χ4n) is 4.00. The first-order chi connectivity index (χ1) is 14.9. The lowest BCUT2D eigenvalue weighted by Crippen LogP contribution is -2.30. The average Bonchev–Trinajstić information content (AvgIpc) is 3.08. The Kier molecular flexibility index (Phi) is 7.42. The molecule has 1 aromatic heterocycles. The molecule has 1 heterocycles. The van der Waals surface area contributed by atoms with E-state index >= 15 is 0 Å². The molecular weight excluding hydrogens is 414 g/mol. The summed E-state index contributed by atoms with van der Waals surface area (Å²) in [5.74, 6) is 2.16. The van der Waals surface area contributed by atoms with E-state index in [1.807, 2.05) is 24.1 Å². The number of anilines is 1. The number of thiophene rings is 1. The molecule has 166 valence electrons. The summed E-state index contributed by atoms with van der Waals surface area (Å²) in [6.45, 7) is 2.90. The molecule has 1 N–H and O–H groups in total. The van der Waals surface area contributed by atoms with Crippen molar-refractivity contribution < 1.29 is 19.0 Å². The van der Waals surface area contributed by atoms with Gasteiger partial charge in [-0.1, -0.05) is 13.0 Å². The number of carbonyl (C=O) groups is 1. The van der Waals surface area contributed by atoms with Gasteiger partial charge in [0, 0.05) is 17.0 Å². The van der Waals surface area contributed by atoms with Gasteiger partial charge in [-0.3, -0.25) is 9.69 Å². The van der Waals surface area contributed by atoms with Crippen LogP contribution in [-0.2, 0) is 24.2 Å². The summed E-state index contributed by atoms with van der Waals surface area (Å²) in [5.41, 5.74) is 2.63. The third-order valence-corrected chi connectivity index (χ3v) is 6.69. The van der Waals surface area contributed by atoms with E-state index in [0.717, 1.165) is 30.4 Å². The van der Waals surface area contributed by atoms with Crippen LogP contribution in [0, 0.1) is 17.2 Å². The van der Waals surface area contributed by atoms with Gasteiger partial charge in [0.25, 0.3) is 0 Å². The summed E-state index contributed by atoms with van der Waals surface area (Å²) in [7, 11) is 6.58. The predicted octanol–water partition coefficient (Wildman–Crippen LogP) is 3.84. The number of carbonyl (C=O) groups excluding carboxylic acids is 1. The molecule has 0 unspecified atom stereocenters. The Hall–Kier alpha value is -2.76. The second-order valence-corrected chi connectivity index (χ2v) is 8.99. The van der Waals surface area contributed by atoms with E-state index in [2.05, 4.69) is 18.3 Å². The first-order valence-electron chi connectivity index (χ1n) is 10.2. The van der Waals surface area contributed by atoms with Crippen LogP contribution in [0.1, 0.15) is 34.9 Å². The van der Waals surface area contributed by atoms with Gasteiger partial charge in [-0.15, -0.1) is 11.3 Å². The van der Waals surface area contributed by atoms with E-state index in [0.29, 0.717) is 40.3 Å². The van der Waals surface area contributed by atoms with Crippen molar-refractivity contribution in [3.8, 4) is 23.3 Å². The third-order valence-electron chi connectivity index (χ3n) is 5.52. The molecule has 0 aliphatic heterocycles. The maximum atomic E-state index is 12.7. The first-order valence-corrected chi connectivity index (χ1v) is 11.0. The van der Waals surface area contributed by atoms with Crippen LogP contribution in [0.4, 0.5) is 5.00 Å². The van der Waals surface area contributed by atoms with E-state index in [-0.39, 0.29) is 12.5 Å². The van der Waals surface area contributed by atoms with Crippen molar-refractivity contribution >= 4 is 22.2 Å². The van der Waals surface area contributed by atoms with Gasteiger partial charge in [0.1, 0.15) is 11.1 Å². The minimum Gasteiger partial charge on any atom is -0.493 e. The number of hydrogen-bond acceptors (Lipinski definition) is 7. The molecule has 8 heteroatoms. The van der Waals surface area contributed by atoms with Crippen LogP contribution in [0.2, 0.25) is 0 Å². The van der Waals surface area contributed by atoms with Crippen LogP contribution in [0.25, 0.3) is 0 Å². The number of rotatable bonds is 8. The molecular formula is C23H29N3O4S. The number of fused-ring (bicyclic) bond motifs is 1. The summed E-state index contributed by atoms with van der Waals surface area (Å²) in [5, 5.41) is 13.3. The monoisotopic (exact) mass is 443 g/mol. The standard InChI is InChI=1S/C23H29N3O4S/c1-14-6-8-16-17(11-24)23(31-19(16)10-14)25-20(27)13-26(2)12-15-7-9-18(28-3)22(30-5)21(15)29-4/h7,9,14H,6,8,10,12-13H2,1-5H3,(H,25,27)/t14-/m1/s1. The van der Waals surface area contributed by atoms with Gasteiger partial charge in [-0.2, -0.15) is 5.26 Å². The SMILES string of the molecule is COc1ccc(CN(C)CC(=O)Nc2sc3c(c2C#N)CC[C@@H](C)C3)c(OC)c1OC. The quantitative estimate of drug-likeness (QED) is 0.667. The molecule has 0 bridgehead atoms. The van der Waals surface area contributed by atoms with Gasteiger partial charge in [0.15, 0.2) is 11.5 Å². The van der Waals surface area contributed by atoms with E-state index in [1.54, 1.807) is 32.7 Å². The highest BCUT2D eigenvalue weighted by Crippen LogP contribution is 2.41. The number of likely N-dealkylation sites (N-methyl/N-ethyl adjacent to an activating group) is 1. The minimum absolute atomic E-state index is 0.148. The summed E-state index contributed by atoms with van der Waals surface area (Å²) < 4.78 is 16.3.